The minimum atomic E-state index is -3.61. The molecule has 0 saturated heterocycles. The Bertz CT molecular complexity index is 750. The lowest BCUT2D eigenvalue weighted by Gasteiger charge is -2.12. The number of para-hydroxylation sites is 1. The van der Waals surface area contributed by atoms with Crippen LogP contribution in [0.1, 0.15) is 11.1 Å². The van der Waals surface area contributed by atoms with E-state index in [1.807, 2.05) is 19.1 Å². The van der Waals surface area contributed by atoms with E-state index in [-0.39, 0.29) is 11.5 Å². The number of aliphatic hydroxyl groups excluding tert-OH is 1. The Morgan fingerprint density at radius 3 is 2.41 bits per heavy atom. The minimum absolute atomic E-state index is 0.0305. The number of anilines is 1. The highest BCUT2D eigenvalue weighted by atomic mass is 32.2. The molecule has 2 N–H and O–H groups in total. The number of nitrogens with one attached hydrogen (secondary N) is 1. The van der Waals surface area contributed by atoms with E-state index in [4.69, 9.17) is 5.11 Å². The van der Waals surface area contributed by atoms with E-state index in [2.05, 4.69) is 4.72 Å². The van der Waals surface area contributed by atoms with E-state index in [9.17, 15) is 8.42 Å². The number of aryl methyl sites for hydroxylation is 1. The van der Waals surface area contributed by atoms with Crippen molar-refractivity contribution in [2.45, 2.75) is 18.2 Å². The Balaban J connectivity index is 2.26. The zero-order valence-corrected chi connectivity index (χ0v) is 13.2. The third-order valence-corrected chi connectivity index (χ3v) is 4.58. The average Bonchev–Trinajstić information content (AvgIpc) is 2.49. The van der Waals surface area contributed by atoms with Crippen molar-refractivity contribution in [1.29, 1.82) is 0 Å². The molecule has 0 unspecified atom stereocenters. The van der Waals surface area contributed by atoms with Crippen molar-refractivity contribution < 1.29 is 13.5 Å². The molecule has 0 radical (unpaired) electrons. The van der Waals surface area contributed by atoms with Gasteiger partial charge in [0.2, 0.25) is 0 Å². The van der Waals surface area contributed by atoms with E-state index >= 15 is 0 Å². The SMILES string of the molecule is Cc1ccc(S(=O)(=O)Nc2ccccc2C/C=C/CO)cc1. The molecular formula is C17H19NO3S. The van der Waals surface area contributed by atoms with Crippen molar-refractivity contribution in [3.8, 4) is 0 Å². The van der Waals surface area contributed by atoms with Gasteiger partial charge in [-0.15, -0.1) is 0 Å². The molecule has 2 rings (SSSR count). The quantitative estimate of drug-likeness (QED) is 0.805. The maximum Gasteiger partial charge on any atom is 0.261 e. The lowest BCUT2D eigenvalue weighted by Crippen LogP contribution is -2.14. The lowest BCUT2D eigenvalue weighted by atomic mass is 10.1. The number of hydrogen-bond acceptors (Lipinski definition) is 3. The van der Waals surface area contributed by atoms with Crippen LogP contribution in [0.15, 0.2) is 65.6 Å². The van der Waals surface area contributed by atoms with Gasteiger partial charge in [0.25, 0.3) is 10.0 Å². The summed E-state index contributed by atoms with van der Waals surface area (Å²) in [5.41, 5.74) is 2.40. The first-order chi connectivity index (χ1) is 10.5. The Morgan fingerprint density at radius 2 is 1.73 bits per heavy atom. The van der Waals surface area contributed by atoms with Crippen LogP contribution in [0.2, 0.25) is 0 Å². The van der Waals surface area contributed by atoms with Crippen molar-refractivity contribution in [3.63, 3.8) is 0 Å². The van der Waals surface area contributed by atoms with Crippen molar-refractivity contribution in [3.05, 3.63) is 71.8 Å². The van der Waals surface area contributed by atoms with Gasteiger partial charge in [-0.25, -0.2) is 8.42 Å². The van der Waals surface area contributed by atoms with E-state index in [0.717, 1.165) is 11.1 Å². The van der Waals surface area contributed by atoms with E-state index < -0.39 is 10.0 Å². The molecule has 2 aromatic rings. The van der Waals surface area contributed by atoms with Crippen LogP contribution in [0.5, 0.6) is 0 Å². The Labute approximate surface area is 131 Å². The van der Waals surface area contributed by atoms with Gasteiger partial charge in [0.15, 0.2) is 0 Å². The standard InChI is InChI=1S/C17H19NO3S/c1-14-9-11-16(12-10-14)22(20,21)18-17-8-3-2-6-15(17)7-4-5-13-19/h2-6,8-12,18-19H,7,13H2,1H3/b5-4+. The first-order valence-electron chi connectivity index (χ1n) is 6.96. The van der Waals surface area contributed by atoms with Crippen LogP contribution in [0.25, 0.3) is 0 Å². The molecule has 22 heavy (non-hydrogen) atoms. The highest BCUT2D eigenvalue weighted by molar-refractivity contribution is 7.92. The van der Waals surface area contributed by atoms with Crippen LogP contribution in [-0.2, 0) is 16.4 Å². The largest absolute Gasteiger partial charge is 0.392 e. The van der Waals surface area contributed by atoms with Gasteiger partial charge >= 0.3 is 0 Å². The van der Waals surface area contributed by atoms with Crippen LogP contribution in [0.3, 0.4) is 0 Å². The molecule has 0 aliphatic rings. The second-order valence-electron chi connectivity index (χ2n) is 4.93. The fourth-order valence-corrected chi connectivity index (χ4v) is 3.10. The first-order valence-corrected chi connectivity index (χ1v) is 8.44. The van der Waals surface area contributed by atoms with Crippen molar-refractivity contribution >= 4 is 15.7 Å². The lowest BCUT2D eigenvalue weighted by molar-refractivity contribution is 0.342. The van der Waals surface area contributed by atoms with Gasteiger partial charge in [0, 0.05) is 0 Å². The highest BCUT2D eigenvalue weighted by Gasteiger charge is 2.15. The average molecular weight is 317 g/mol. The maximum absolute atomic E-state index is 12.4. The molecule has 0 bridgehead atoms. The maximum atomic E-state index is 12.4. The van der Waals surface area contributed by atoms with Gasteiger partial charge in [-0.1, -0.05) is 48.0 Å². The van der Waals surface area contributed by atoms with Crippen LogP contribution in [0, 0.1) is 6.92 Å². The fraction of sp³-hybridized carbons (Fsp3) is 0.176. The molecule has 0 aliphatic carbocycles. The minimum Gasteiger partial charge on any atom is -0.392 e. The number of allylic oxidation sites excluding steroid dienone is 1. The molecule has 4 nitrogen and oxygen atoms in total. The summed E-state index contributed by atoms with van der Waals surface area (Å²) in [6, 6.07) is 13.9. The predicted octanol–water partition coefficient (Wildman–Crippen LogP) is 2.89. The molecular weight excluding hydrogens is 298 g/mol. The molecule has 0 heterocycles. The van der Waals surface area contributed by atoms with Gasteiger partial charge in [0.05, 0.1) is 17.2 Å². The van der Waals surface area contributed by atoms with E-state index in [1.54, 1.807) is 48.6 Å². The van der Waals surface area contributed by atoms with Crippen LogP contribution in [-0.4, -0.2) is 20.1 Å². The Kier molecular flexibility index (Phi) is 5.35. The van der Waals surface area contributed by atoms with Gasteiger partial charge in [-0.2, -0.15) is 0 Å². The normalized spacial score (nSPS) is 11.7. The summed E-state index contributed by atoms with van der Waals surface area (Å²) in [5.74, 6) is 0. The predicted molar refractivity (Wildman–Crippen MR) is 88.4 cm³/mol. The molecule has 2 aromatic carbocycles. The monoisotopic (exact) mass is 317 g/mol. The zero-order valence-electron chi connectivity index (χ0n) is 12.4. The topological polar surface area (TPSA) is 66.4 Å². The van der Waals surface area contributed by atoms with Crippen LogP contribution < -0.4 is 4.72 Å². The summed E-state index contributed by atoms with van der Waals surface area (Å²) in [7, 11) is -3.61. The molecule has 0 fully saturated rings. The van der Waals surface area contributed by atoms with Crippen molar-refractivity contribution in [2.24, 2.45) is 0 Å². The molecule has 0 atom stereocenters. The van der Waals surface area contributed by atoms with Gasteiger partial charge < -0.3 is 5.11 Å². The Hall–Kier alpha value is -2.11. The number of aliphatic hydroxyl groups is 1. The number of rotatable bonds is 6. The summed E-state index contributed by atoms with van der Waals surface area (Å²) in [5, 5.41) is 8.77. The smallest absolute Gasteiger partial charge is 0.261 e. The van der Waals surface area contributed by atoms with E-state index in [1.165, 1.54) is 0 Å². The summed E-state index contributed by atoms with van der Waals surface area (Å²) in [6.07, 6.45) is 3.98. The second kappa shape index (κ2) is 7.24. The van der Waals surface area contributed by atoms with Crippen LogP contribution in [0.4, 0.5) is 5.69 Å². The number of hydrogen-bond donors (Lipinski definition) is 2. The summed E-state index contributed by atoms with van der Waals surface area (Å²) in [6.45, 7) is 1.88. The third-order valence-electron chi connectivity index (χ3n) is 3.20. The molecule has 0 aliphatic heterocycles. The summed E-state index contributed by atoms with van der Waals surface area (Å²) in [4.78, 5) is 0.235. The summed E-state index contributed by atoms with van der Waals surface area (Å²) >= 11 is 0. The number of benzene rings is 2. The molecule has 116 valence electrons. The van der Waals surface area contributed by atoms with Gasteiger partial charge in [-0.05, 0) is 37.1 Å². The van der Waals surface area contributed by atoms with Crippen molar-refractivity contribution in [1.82, 2.24) is 0 Å². The molecule has 5 heteroatoms. The molecule has 0 amide bonds. The molecule has 0 spiro atoms. The van der Waals surface area contributed by atoms with Gasteiger partial charge in [0.1, 0.15) is 0 Å². The first kappa shape index (κ1) is 16.3. The molecule has 0 aromatic heterocycles. The Morgan fingerprint density at radius 1 is 1.05 bits per heavy atom. The van der Waals surface area contributed by atoms with Gasteiger partial charge in [-0.3, -0.25) is 4.72 Å². The van der Waals surface area contributed by atoms with Crippen LogP contribution >= 0.6 is 0 Å². The number of sulfonamides is 1. The highest BCUT2D eigenvalue weighted by Crippen LogP contribution is 2.21. The zero-order chi connectivity index (χ0) is 16.0. The summed E-state index contributed by atoms with van der Waals surface area (Å²) < 4.78 is 27.5. The fourth-order valence-electron chi connectivity index (χ4n) is 2.00. The molecule has 0 saturated carbocycles. The van der Waals surface area contributed by atoms with E-state index in [0.29, 0.717) is 12.1 Å². The van der Waals surface area contributed by atoms with Crippen molar-refractivity contribution in [2.75, 3.05) is 11.3 Å². The second-order valence-corrected chi connectivity index (χ2v) is 6.62. The third kappa shape index (κ3) is 4.19.